The van der Waals surface area contributed by atoms with Crippen LogP contribution in [0.5, 0.6) is 0 Å². The molecule has 0 atom stereocenters. The van der Waals surface area contributed by atoms with E-state index in [0.717, 1.165) is 0 Å². The Balaban J connectivity index is 2.19. The Hall–Kier alpha value is -2.57. The van der Waals surface area contributed by atoms with Crippen LogP contribution in [-0.2, 0) is 20.9 Å². The minimum atomic E-state index is -0.708. The third kappa shape index (κ3) is 6.39. The fourth-order valence-corrected chi connectivity index (χ4v) is 1.19. The first-order valence-corrected chi connectivity index (χ1v) is 6.05. The Morgan fingerprint density at radius 3 is 2.85 bits per heavy atom. The summed E-state index contributed by atoms with van der Waals surface area (Å²) in [5.41, 5.74) is 0. The molecule has 20 heavy (non-hydrogen) atoms. The second-order valence-corrected chi connectivity index (χ2v) is 3.73. The number of carbonyl (C=O) groups excluding carboxylic acids is 3. The van der Waals surface area contributed by atoms with Gasteiger partial charge in [-0.1, -0.05) is 13.0 Å². The molecule has 1 aromatic heterocycles. The van der Waals surface area contributed by atoms with E-state index in [0.29, 0.717) is 12.2 Å². The summed E-state index contributed by atoms with van der Waals surface area (Å²) in [6.07, 6.45) is 5.00. The SMILES string of the molecule is CC/C=C/C(=O)OCC(=O)NC(=O)NCc1ccco1. The largest absolute Gasteiger partial charge is 0.467 e. The number of amides is 3. The molecule has 0 aromatic carbocycles. The van der Waals surface area contributed by atoms with Crippen LogP contribution in [0.25, 0.3) is 0 Å². The fraction of sp³-hybridized carbons (Fsp3) is 0.308. The summed E-state index contributed by atoms with van der Waals surface area (Å²) in [6.45, 7) is 1.51. The van der Waals surface area contributed by atoms with E-state index in [9.17, 15) is 14.4 Å². The standard InChI is InChI=1S/C13H16N2O5/c1-2-3-6-12(17)20-9-11(16)15-13(18)14-8-10-5-4-7-19-10/h3-7H,2,8-9H2,1H3,(H2,14,15,16,18)/b6-3+. The highest BCUT2D eigenvalue weighted by Crippen LogP contribution is 1.97. The summed E-state index contributed by atoms with van der Waals surface area (Å²) >= 11 is 0. The average molecular weight is 280 g/mol. The number of allylic oxidation sites excluding steroid dienone is 1. The number of carbonyl (C=O) groups is 3. The summed E-state index contributed by atoms with van der Waals surface area (Å²) in [5, 5.41) is 4.44. The van der Waals surface area contributed by atoms with Crippen LogP contribution in [-0.4, -0.2) is 24.5 Å². The van der Waals surface area contributed by atoms with Gasteiger partial charge in [-0.15, -0.1) is 0 Å². The van der Waals surface area contributed by atoms with Crippen LogP contribution in [0.1, 0.15) is 19.1 Å². The van der Waals surface area contributed by atoms with E-state index in [4.69, 9.17) is 4.42 Å². The predicted molar refractivity (Wildman–Crippen MR) is 69.5 cm³/mol. The van der Waals surface area contributed by atoms with Crippen molar-refractivity contribution in [1.29, 1.82) is 0 Å². The van der Waals surface area contributed by atoms with Crippen LogP contribution < -0.4 is 10.6 Å². The third-order valence-electron chi connectivity index (χ3n) is 2.09. The van der Waals surface area contributed by atoms with Crippen LogP contribution >= 0.6 is 0 Å². The molecule has 0 bridgehead atoms. The Morgan fingerprint density at radius 1 is 1.40 bits per heavy atom. The zero-order chi connectivity index (χ0) is 14.8. The number of nitrogens with one attached hydrogen (secondary N) is 2. The van der Waals surface area contributed by atoms with Crippen LogP contribution in [0.2, 0.25) is 0 Å². The van der Waals surface area contributed by atoms with Gasteiger partial charge in [0.1, 0.15) is 5.76 Å². The van der Waals surface area contributed by atoms with E-state index in [2.05, 4.69) is 10.1 Å². The molecule has 3 amide bonds. The second-order valence-electron chi connectivity index (χ2n) is 3.73. The average Bonchev–Trinajstić information content (AvgIpc) is 2.94. The first-order valence-electron chi connectivity index (χ1n) is 6.05. The van der Waals surface area contributed by atoms with Crippen molar-refractivity contribution in [1.82, 2.24) is 10.6 Å². The number of ether oxygens (including phenoxy) is 1. The number of urea groups is 1. The van der Waals surface area contributed by atoms with E-state index < -0.39 is 24.5 Å². The van der Waals surface area contributed by atoms with Crippen LogP contribution in [0.15, 0.2) is 35.0 Å². The van der Waals surface area contributed by atoms with Gasteiger partial charge in [0.2, 0.25) is 0 Å². The molecule has 0 aliphatic carbocycles. The number of rotatable bonds is 6. The van der Waals surface area contributed by atoms with Gasteiger partial charge in [0.05, 0.1) is 12.8 Å². The summed E-state index contributed by atoms with van der Waals surface area (Å²) in [6, 6.07) is 2.68. The fourth-order valence-electron chi connectivity index (χ4n) is 1.19. The van der Waals surface area contributed by atoms with E-state index in [-0.39, 0.29) is 6.54 Å². The lowest BCUT2D eigenvalue weighted by Gasteiger charge is -2.05. The van der Waals surface area contributed by atoms with Crippen molar-refractivity contribution in [3.63, 3.8) is 0 Å². The van der Waals surface area contributed by atoms with Crippen molar-refractivity contribution >= 4 is 17.9 Å². The van der Waals surface area contributed by atoms with Gasteiger partial charge in [0.25, 0.3) is 5.91 Å². The van der Waals surface area contributed by atoms with Crippen molar-refractivity contribution in [3.05, 3.63) is 36.3 Å². The molecular weight excluding hydrogens is 264 g/mol. The molecule has 1 heterocycles. The van der Waals surface area contributed by atoms with Gasteiger partial charge >= 0.3 is 12.0 Å². The van der Waals surface area contributed by atoms with Gasteiger partial charge in [-0.05, 0) is 18.6 Å². The normalized spacial score (nSPS) is 10.2. The van der Waals surface area contributed by atoms with E-state index in [1.54, 1.807) is 18.2 Å². The second kappa shape index (κ2) is 8.52. The minimum absolute atomic E-state index is 0.158. The lowest BCUT2D eigenvalue weighted by atomic mass is 10.4. The smallest absolute Gasteiger partial charge is 0.330 e. The van der Waals surface area contributed by atoms with Crippen LogP contribution in [0.4, 0.5) is 4.79 Å². The Labute approximate surface area is 116 Å². The Kier molecular flexibility index (Phi) is 6.60. The van der Waals surface area contributed by atoms with E-state index >= 15 is 0 Å². The summed E-state index contributed by atoms with van der Waals surface area (Å²) in [5.74, 6) is -0.776. The topological polar surface area (TPSA) is 97.6 Å². The number of imide groups is 1. The molecule has 1 aromatic rings. The quantitative estimate of drug-likeness (QED) is 0.601. The molecule has 7 heteroatoms. The predicted octanol–water partition coefficient (Wildman–Crippen LogP) is 1.11. The van der Waals surface area contributed by atoms with Crippen molar-refractivity contribution < 1.29 is 23.5 Å². The third-order valence-corrected chi connectivity index (χ3v) is 2.09. The monoisotopic (exact) mass is 280 g/mol. The summed E-state index contributed by atoms with van der Waals surface area (Å²) < 4.78 is 9.62. The molecule has 7 nitrogen and oxygen atoms in total. The van der Waals surface area contributed by atoms with Gasteiger partial charge in [-0.2, -0.15) is 0 Å². The van der Waals surface area contributed by atoms with Gasteiger partial charge in [0.15, 0.2) is 6.61 Å². The maximum Gasteiger partial charge on any atom is 0.330 e. The van der Waals surface area contributed by atoms with Crippen molar-refractivity contribution in [2.45, 2.75) is 19.9 Å². The molecule has 0 aliphatic heterocycles. The minimum Gasteiger partial charge on any atom is -0.467 e. The summed E-state index contributed by atoms with van der Waals surface area (Å²) in [4.78, 5) is 33.7. The highest BCUT2D eigenvalue weighted by Gasteiger charge is 2.09. The molecule has 0 radical (unpaired) electrons. The van der Waals surface area contributed by atoms with Crippen molar-refractivity contribution in [2.75, 3.05) is 6.61 Å². The number of furan rings is 1. The number of hydrogen-bond acceptors (Lipinski definition) is 5. The molecule has 0 spiro atoms. The molecule has 0 unspecified atom stereocenters. The Bertz CT molecular complexity index is 479. The lowest BCUT2D eigenvalue weighted by molar-refractivity contribution is -0.143. The molecular formula is C13H16N2O5. The first kappa shape index (κ1) is 15.5. The van der Waals surface area contributed by atoms with Gasteiger partial charge in [-0.25, -0.2) is 9.59 Å². The molecule has 108 valence electrons. The summed E-state index contributed by atoms with van der Waals surface area (Å²) in [7, 11) is 0. The molecule has 0 saturated heterocycles. The number of esters is 1. The van der Waals surface area contributed by atoms with Crippen molar-refractivity contribution in [2.24, 2.45) is 0 Å². The van der Waals surface area contributed by atoms with Gasteiger partial charge in [0, 0.05) is 6.08 Å². The maximum absolute atomic E-state index is 11.3. The van der Waals surface area contributed by atoms with Crippen molar-refractivity contribution in [3.8, 4) is 0 Å². The molecule has 0 saturated carbocycles. The number of hydrogen-bond donors (Lipinski definition) is 2. The van der Waals surface area contributed by atoms with Gasteiger partial charge in [-0.3, -0.25) is 10.1 Å². The Morgan fingerprint density at radius 2 is 2.20 bits per heavy atom. The molecule has 0 fully saturated rings. The molecule has 1 rings (SSSR count). The van der Waals surface area contributed by atoms with Crippen LogP contribution in [0.3, 0.4) is 0 Å². The zero-order valence-corrected chi connectivity index (χ0v) is 11.0. The van der Waals surface area contributed by atoms with E-state index in [1.807, 2.05) is 12.2 Å². The maximum atomic E-state index is 11.3. The highest BCUT2D eigenvalue weighted by molar-refractivity contribution is 5.96. The zero-order valence-electron chi connectivity index (χ0n) is 11.0. The molecule has 2 N–H and O–H groups in total. The first-order chi connectivity index (χ1) is 9.61. The van der Waals surface area contributed by atoms with Crippen LogP contribution in [0, 0.1) is 0 Å². The van der Waals surface area contributed by atoms with E-state index in [1.165, 1.54) is 12.3 Å². The highest BCUT2D eigenvalue weighted by atomic mass is 16.5. The lowest BCUT2D eigenvalue weighted by Crippen LogP contribution is -2.41. The van der Waals surface area contributed by atoms with Gasteiger partial charge < -0.3 is 14.5 Å². The molecule has 0 aliphatic rings.